The van der Waals surface area contributed by atoms with Crippen LogP contribution in [0.4, 0.5) is 5.69 Å². The highest BCUT2D eigenvalue weighted by molar-refractivity contribution is 6.06. The maximum atomic E-state index is 12.6. The number of nitrogens with zero attached hydrogens (tertiary/aromatic N) is 3. The molecule has 0 amide bonds. The highest BCUT2D eigenvalue weighted by atomic mass is 16.5. The molecule has 0 radical (unpaired) electrons. The number of carbonyl (C=O) groups excluding carboxylic acids is 2. The first kappa shape index (κ1) is 18.1. The van der Waals surface area contributed by atoms with Crippen molar-refractivity contribution in [2.75, 3.05) is 19.1 Å². The quantitative estimate of drug-likeness (QED) is 0.772. The van der Waals surface area contributed by atoms with Crippen molar-refractivity contribution in [2.24, 2.45) is 0 Å². The molecule has 0 unspecified atom stereocenters. The molecule has 1 aliphatic heterocycles. The van der Waals surface area contributed by atoms with Crippen LogP contribution in [0.2, 0.25) is 0 Å². The third-order valence-electron chi connectivity index (χ3n) is 3.92. The van der Waals surface area contributed by atoms with Gasteiger partial charge in [-0.1, -0.05) is 24.3 Å². The van der Waals surface area contributed by atoms with E-state index in [1.165, 1.54) is 26.6 Å². The normalized spacial score (nSPS) is 13.3. The van der Waals surface area contributed by atoms with Gasteiger partial charge in [0.2, 0.25) is 0 Å². The number of rotatable bonds is 4. The van der Waals surface area contributed by atoms with Crippen molar-refractivity contribution in [3.8, 4) is 11.1 Å². The highest BCUT2D eigenvalue weighted by Crippen LogP contribution is 2.34. The molecule has 1 aromatic heterocycles. The first-order valence-electron chi connectivity index (χ1n) is 8.06. The van der Waals surface area contributed by atoms with Gasteiger partial charge >= 0.3 is 11.9 Å². The molecule has 1 aliphatic rings. The zero-order valence-electron chi connectivity index (χ0n) is 14.8. The maximum absolute atomic E-state index is 12.6. The van der Waals surface area contributed by atoms with Gasteiger partial charge in [-0.05, 0) is 18.2 Å². The van der Waals surface area contributed by atoms with Crippen molar-refractivity contribution in [1.29, 1.82) is 0 Å². The lowest BCUT2D eigenvalue weighted by atomic mass is 10.0. The van der Waals surface area contributed by atoms with E-state index >= 15 is 0 Å². The smallest absolute Gasteiger partial charge is 0.355 e. The average molecular weight is 363 g/mol. The van der Waals surface area contributed by atoms with E-state index in [4.69, 9.17) is 9.47 Å². The molecule has 0 saturated heterocycles. The standard InChI is InChI=1S/C20H17N3O4/c1-26-19(24)16-8-5-6-10-23(18(16)20(25)27-2)17-9-4-3-7-15(17)14-11-21-13-22-12-14/h3-13H,1-2H3. The van der Waals surface area contributed by atoms with Gasteiger partial charge in [0.25, 0.3) is 0 Å². The first-order chi connectivity index (χ1) is 13.2. The molecule has 0 N–H and O–H groups in total. The fraction of sp³-hybridized carbons (Fsp3) is 0.100. The second-order valence-electron chi connectivity index (χ2n) is 5.46. The first-order valence-corrected chi connectivity index (χ1v) is 8.06. The van der Waals surface area contributed by atoms with Crippen LogP contribution in [0.5, 0.6) is 0 Å². The number of hydrogen-bond acceptors (Lipinski definition) is 7. The summed E-state index contributed by atoms with van der Waals surface area (Å²) in [6, 6.07) is 7.42. The Labute approximate surface area is 156 Å². The molecule has 7 nitrogen and oxygen atoms in total. The molecule has 136 valence electrons. The van der Waals surface area contributed by atoms with E-state index in [1.54, 1.807) is 35.6 Å². The van der Waals surface area contributed by atoms with E-state index in [9.17, 15) is 9.59 Å². The Hall–Kier alpha value is -3.74. The molecule has 0 spiro atoms. The second-order valence-corrected chi connectivity index (χ2v) is 5.46. The van der Waals surface area contributed by atoms with Gasteiger partial charge in [-0.3, -0.25) is 0 Å². The lowest BCUT2D eigenvalue weighted by Gasteiger charge is -2.25. The van der Waals surface area contributed by atoms with E-state index in [-0.39, 0.29) is 11.3 Å². The molecular weight excluding hydrogens is 346 g/mol. The topological polar surface area (TPSA) is 81.6 Å². The fourth-order valence-corrected chi connectivity index (χ4v) is 2.72. The Bertz CT molecular complexity index is 949. The molecule has 3 rings (SSSR count). The van der Waals surface area contributed by atoms with Gasteiger partial charge in [-0.25, -0.2) is 19.6 Å². The Kier molecular flexibility index (Phi) is 5.41. The molecule has 0 atom stereocenters. The monoisotopic (exact) mass is 363 g/mol. The van der Waals surface area contributed by atoms with E-state index in [0.29, 0.717) is 5.69 Å². The zero-order chi connectivity index (χ0) is 19.2. The minimum Gasteiger partial charge on any atom is -0.465 e. The summed E-state index contributed by atoms with van der Waals surface area (Å²) in [6.07, 6.45) is 11.4. The van der Waals surface area contributed by atoms with Crippen molar-refractivity contribution in [3.05, 3.63) is 78.7 Å². The number of ether oxygens (including phenoxy) is 2. The summed E-state index contributed by atoms with van der Waals surface area (Å²) in [7, 11) is 2.52. The van der Waals surface area contributed by atoms with Crippen LogP contribution in [0.1, 0.15) is 0 Å². The summed E-state index contributed by atoms with van der Waals surface area (Å²) in [4.78, 5) is 34.5. The van der Waals surface area contributed by atoms with Crippen LogP contribution in [0.15, 0.2) is 78.7 Å². The van der Waals surface area contributed by atoms with E-state index < -0.39 is 11.9 Å². The van der Waals surface area contributed by atoms with Crippen LogP contribution in [0.25, 0.3) is 11.1 Å². The number of esters is 2. The number of carbonyl (C=O) groups is 2. The second kappa shape index (κ2) is 8.09. The Morgan fingerprint density at radius 1 is 0.963 bits per heavy atom. The van der Waals surface area contributed by atoms with Crippen LogP contribution < -0.4 is 4.90 Å². The van der Waals surface area contributed by atoms with E-state index in [0.717, 1.165) is 11.1 Å². The molecule has 2 aromatic rings. The highest BCUT2D eigenvalue weighted by Gasteiger charge is 2.28. The minimum atomic E-state index is -0.661. The van der Waals surface area contributed by atoms with Gasteiger partial charge in [0.15, 0.2) is 0 Å². The molecule has 0 bridgehead atoms. The van der Waals surface area contributed by atoms with Crippen molar-refractivity contribution in [1.82, 2.24) is 9.97 Å². The van der Waals surface area contributed by atoms with Gasteiger partial charge in [-0.15, -0.1) is 0 Å². The molecular formula is C20H17N3O4. The summed E-state index contributed by atoms with van der Waals surface area (Å²) >= 11 is 0. The van der Waals surface area contributed by atoms with E-state index in [1.807, 2.05) is 24.3 Å². The summed E-state index contributed by atoms with van der Waals surface area (Å²) < 4.78 is 9.77. The van der Waals surface area contributed by atoms with Crippen LogP contribution in [-0.2, 0) is 19.1 Å². The van der Waals surface area contributed by atoms with Gasteiger partial charge in [0.1, 0.15) is 12.0 Å². The molecule has 27 heavy (non-hydrogen) atoms. The summed E-state index contributed by atoms with van der Waals surface area (Å²) in [5.74, 6) is -1.30. The number of anilines is 1. The third-order valence-corrected chi connectivity index (χ3v) is 3.92. The van der Waals surface area contributed by atoms with Gasteiger partial charge in [0, 0.05) is 29.7 Å². The Balaban J connectivity index is 2.23. The summed E-state index contributed by atoms with van der Waals surface area (Å²) in [5.41, 5.74) is 2.36. The van der Waals surface area contributed by atoms with Crippen molar-refractivity contribution >= 4 is 17.6 Å². The average Bonchev–Trinajstić information content (AvgIpc) is 2.96. The van der Waals surface area contributed by atoms with Gasteiger partial charge < -0.3 is 14.4 Å². The largest absolute Gasteiger partial charge is 0.465 e. The van der Waals surface area contributed by atoms with Crippen molar-refractivity contribution in [3.63, 3.8) is 0 Å². The molecule has 7 heteroatoms. The predicted octanol–water partition coefficient (Wildman–Crippen LogP) is 2.63. The summed E-state index contributed by atoms with van der Waals surface area (Å²) in [5, 5.41) is 0. The molecule has 0 saturated carbocycles. The lowest BCUT2D eigenvalue weighted by molar-refractivity contribution is -0.139. The van der Waals surface area contributed by atoms with Gasteiger partial charge in [0.05, 0.1) is 25.5 Å². The number of para-hydroxylation sites is 1. The Morgan fingerprint density at radius 2 is 1.67 bits per heavy atom. The van der Waals surface area contributed by atoms with Crippen LogP contribution in [-0.4, -0.2) is 36.1 Å². The van der Waals surface area contributed by atoms with Crippen LogP contribution >= 0.6 is 0 Å². The third kappa shape index (κ3) is 3.62. The fourth-order valence-electron chi connectivity index (χ4n) is 2.72. The number of aromatic nitrogens is 2. The number of allylic oxidation sites excluding steroid dienone is 2. The number of hydrogen-bond donors (Lipinski definition) is 0. The number of benzene rings is 1. The lowest BCUT2D eigenvalue weighted by Crippen LogP contribution is -2.27. The van der Waals surface area contributed by atoms with Gasteiger partial charge in [-0.2, -0.15) is 0 Å². The van der Waals surface area contributed by atoms with Crippen LogP contribution in [0.3, 0.4) is 0 Å². The SMILES string of the molecule is COC(=O)C1=C(C(=O)OC)N(c2ccccc2-c2cncnc2)C=CC=C1. The predicted molar refractivity (Wildman–Crippen MR) is 99.3 cm³/mol. The summed E-state index contributed by atoms with van der Waals surface area (Å²) in [6.45, 7) is 0. The minimum absolute atomic E-state index is 0.0543. The molecule has 0 aliphatic carbocycles. The van der Waals surface area contributed by atoms with Crippen molar-refractivity contribution in [2.45, 2.75) is 0 Å². The maximum Gasteiger partial charge on any atom is 0.355 e. The van der Waals surface area contributed by atoms with Crippen LogP contribution in [0, 0.1) is 0 Å². The van der Waals surface area contributed by atoms with Crippen molar-refractivity contribution < 1.29 is 19.1 Å². The molecule has 1 aromatic carbocycles. The molecule has 0 fully saturated rings. The molecule has 2 heterocycles. The number of methoxy groups -OCH3 is 2. The van der Waals surface area contributed by atoms with E-state index in [2.05, 4.69) is 9.97 Å². The Morgan fingerprint density at radius 3 is 2.37 bits per heavy atom. The zero-order valence-corrected chi connectivity index (χ0v) is 14.8.